The number of hydrogen-bond acceptors (Lipinski definition) is 3. The monoisotopic (exact) mass is 376 g/mol. The SMILES string of the molecule is CC(=O)c1cccc(NC(=O)NCCOc2cccc(Br)c2)c1. The molecule has 0 fully saturated rings. The Hall–Kier alpha value is -2.34. The van der Waals surface area contributed by atoms with Gasteiger partial charge >= 0.3 is 6.03 Å². The van der Waals surface area contributed by atoms with E-state index in [4.69, 9.17) is 4.74 Å². The fourth-order valence-corrected chi connectivity index (χ4v) is 2.26. The van der Waals surface area contributed by atoms with Crippen molar-refractivity contribution in [3.8, 4) is 5.75 Å². The van der Waals surface area contributed by atoms with E-state index in [0.717, 1.165) is 10.2 Å². The molecule has 5 nitrogen and oxygen atoms in total. The summed E-state index contributed by atoms with van der Waals surface area (Å²) in [7, 11) is 0. The van der Waals surface area contributed by atoms with Gasteiger partial charge in [0.15, 0.2) is 5.78 Å². The Morgan fingerprint density at radius 1 is 1.13 bits per heavy atom. The number of amides is 2. The molecule has 0 bridgehead atoms. The van der Waals surface area contributed by atoms with Gasteiger partial charge in [0.05, 0.1) is 6.54 Å². The molecule has 0 aliphatic carbocycles. The van der Waals surface area contributed by atoms with Crippen molar-refractivity contribution in [3.63, 3.8) is 0 Å². The Morgan fingerprint density at radius 2 is 1.91 bits per heavy atom. The van der Waals surface area contributed by atoms with Gasteiger partial charge in [-0.05, 0) is 37.3 Å². The summed E-state index contributed by atoms with van der Waals surface area (Å²) in [6.45, 7) is 2.21. The first-order valence-corrected chi connectivity index (χ1v) is 7.88. The number of carbonyl (C=O) groups excluding carboxylic acids is 2. The molecule has 2 rings (SSSR count). The quantitative estimate of drug-likeness (QED) is 0.594. The maximum atomic E-state index is 11.8. The Balaban J connectivity index is 1.75. The number of ketones is 1. The van der Waals surface area contributed by atoms with Crippen LogP contribution in [-0.2, 0) is 0 Å². The second-order valence-electron chi connectivity index (χ2n) is 4.82. The number of ether oxygens (including phenoxy) is 1. The van der Waals surface area contributed by atoms with E-state index in [1.54, 1.807) is 24.3 Å². The highest BCUT2D eigenvalue weighted by Gasteiger charge is 2.04. The number of halogens is 1. The number of rotatable bonds is 6. The van der Waals surface area contributed by atoms with Crippen LogP contribution >= 0.6 is 15.9 Å². The molecule has 23 heavy (non-hydrogen) atoms. The van der Waals surface area contributed by atoms with Crippen molar-refractivity contribution >= 4 is 33.4 Å². The van der Waals surface area contributed by atoms with E-state index in [1.165, 1.54) is 6.92 Å². The molecule has 2 aromatic carbocycles. The average Bonchev–Trinajstić information content (AvgIpc) is 2.52. The lowest BCUT2D eigenvalue weighted by Crippen LogP contribution is -2.32. The van der Waals surface area contributed by atoms with Crippen LogP contribution in [0.4, 0.5) is 10.5 Å². The summed E-state index contributed by atoms with van der Waals surface area (Å²) in [5, 5.41) is 5.37. The number of nitrogens with one attached hydrogen (secondary N) is 2. The lowest BCUT2D eigenvalue weighted by atomic mass is 10.1. The molecule has 0 saturated carbocycles. The van der Waals surface area contributed by atoms with E-state index >= 15 is 0 Å². The maximum absolute atomic E-state index is 11.8. The Kier molecular flexibility index (Phi) is 6.17. The van der Waals surface area contributed by atoms with Crippen molar-refractivity contribution < 1.29 is 14.3 Å². The van der Waals surface area contributed by atoms with E-state index in [-0.39, 0.29) is 11.8 Å². The molecule has 120 valence electrons. The standard InChI is InChI=1S/C17H17BrN2O3/c1-12(21)13-4-2-6-15(10-13)20-17(22)19-8-9-23-16-7-3-5-14(18)11-16/h2-7,10-11H,8-9H2,1H3,(H2,19,20,22). The van der Waals surface area contributed by atoms with Gasteiger partial charge in [-0.2, -0.15) is 0 Å². The minimum Gasteiger partial charge on any atom is -0.492 e. The summed E-state index contributed by atoms with van der Waals surface area (Å²) >= 11 is 3.36. The molecule has 2 aromatic rings. The normalized spacial score (nSPS) is 10.0. The fraction of sp³-hybridized carbons (Fsp3) is 0.176. The third kappa shape index (κ3) is 5.75. The van der Waals surface area contributed by atoms with E-state index in [2.05, 4.69) is 26.6 Å². The van der Waals surface area contributed by atoms with Crippen LogP contribution in [0.1, 0.15) is 17.3 Å². The summed E-state index contributed by atoms with van der Waals surface area (Å²) < 4.78 is 6.46. The third-order valence-electron chi connectivity index (χ3n) is 2.98. The van der Waals surface area contributed by atoms with E-state index in [1.807, 2.05) is 24.3 Å². The number of benzene rings is 2. The van der Waals surface area contributed by atoms with Crippen molar-refractivity contribution in [2.24, 2.45) is 0 Å². The van der Waals surface area contributed by atoms with E-state index < -0.39 is 0 Å². The van der Waals surface area contributed by atoms with Crippen molar-refractivity contribution in [1.29, 1.82) is 0 Å². The summed E-state index contributed by atoms with van der Waals surface area (Å²) in [4.78, 5) is 23.1. The molecule has 0 radical (unpaired) electrons. The van der Waals surface area contributed by atoms with Crippen molar-refractivity contribution in [3.05, 3.63) is 58.6 Å². The van der Waals surface area contributed by atoms with Gasteiger partial charge in [0.2, 0.25) is 0 Å². The summed E-state index contributed by atoms with van der Waals surface area (Å²) in [5.74, 6) is 0.687. The molecule has 0 heterocycles. The van der Waals surface area contributed by atoms with Gasteiger partial charge in [0.25, 0.3) is 0 Å². The molecule has 0 unspecified atom stereocenters. The Bertz CT molecular complexity index is 704. The van der Waals surface area contributed by atoms with Crippen molar-refractivity contribution in [2.75, 3.05) is 18.5 Å². The van der Waals surface area contributed by atoms with Crippen molar-refractivity contribution in [2.45, 2.75) is 6.92 Å². The highest BCUT2D eigenvalue weighted by Crippen LogP contribution is 2.17. The third-order valence-corrected chi connectivity index (χ3v) is 3.47. The van der Waals surface area contributed by atoms with Gasteiger partial charge in [-0.3, -0.25) is 4.79 Å². The number of hydrogen-bond donors (Lipinski definition) is 2. The van der Waals surface area contributed by atoms with Gasteiger partial charge < -0.3 is 15.4 Å². The van der Waals surface area contributed by atoms with Crippen LogP contribution in [0.25, 0.3) is 0 Å². The molecule has 6 heteroatoms. The zero-order valence-electron chi connectivity index (χ0n) is 12.6. The number of Topliss-reactive ketones (excluding diaryl/α,β-unsaturated/α-hetero) is 1. The van der Waals surface area contributed by atoms with Gasteiger partial charge in [-0.25, -0.2) is 4.79 Å². The Morgan fingerprint density at radius 3 is 2.65 bits per heavy atom. The van der Waals surface area contributed by atoms with Gasteiger partial charge in [-0.15, -0.1) is 0 Å². The van der Waals surface area contributed by atoms with Crippen LogP contribution in [-0.4, -0.2) is 25.0 Å². The van der Waals surface area contributed by atoms with E-state index in [0.29, 0.717) is 24.4 Å². The predicted molar refractivity (Wildman–Crippen MR) is 93.1 cm³/mol. The van der Waals surface area contributed by atoms with Crippen LogP contribution in [0.2, 0.25) is 0 Å². The van der Waals surface area contributed by atoms with Crippen LogP contribution in [0.3, 0.4) is 0 Å². The highest BCUT2D eigenvalue weighted by molar-refractivity contribution is 9.10. The molecule has 0 aliphatic rings. The molecule has 0 spiro atoms. The van der Waals surface area contributed by atoms with Crippen LogP contribution in [0.5, 0.6) is 5.75 Å². The van der Waals surface area contributed by atoms with Gasteiger partial charge in [0.1, 0.15) is 12.4 Å². The number of carbonyl (C=O) groups is 2. The second kappa shape index (κ2) is 8.33. The smallest absolute Gasteiger partial charge is 0.319 e. The zero-order chi connectivity index (χ0) is 16.7. The number of urea groups is 1. The first-order valence-electron chi connectivity index (χ1n) is 7.09. The predicted octanol–water partition coefficient (Wildman–Crippen LogP) is 3.85. The van der Waals surface area contributed by atoms with Gasteiger partial charge in [-0.1, -0.05) is 34.1 Å². The first-order chi connectivity index (χ1) is 11.0. The molecule has 0 aliphatic heterocycles. The number of anilines is 1. The Labute approximate surface area is 143 Å². The van der Waals surface area contributed by atoms with Crippen molar-refractivity contribution in [1.82, 2.24) is 5.32 Å². The van der Waals surface area contributed by atoms with E-state index in [9.17, 15) is 9.59 Å². The first kappa shape index (κ1) is 17.0. The largest absolute Gasteiger partial charge is 0.492 e. The lowest BCUT2D eigenvalue weighted by Gasteiger charge is -2.09. The molecule has 0 aromatic heterocycles. The molecule has 2 N–H and O–H groups in total. The second-order valence-corrected chi connectivity index (χ2v) is 5.74. The van der Waals surface area contributed by atoms with Crippen LogP contribution < -0.4 is 15.4 Å². The highest BCUT2D eigenvalue weighted by atomic mass is 79.9. The summed E-state index contributed by atoms with van der Waals surface area (Å²) in [6.07, 6.45) is 0. The summed E-state index contributed by atoms with van der Waals surface area (Å²) in [6, 6.07) is 13.9. The molecule has 0 atom stereocenters. The summed E-state index contributed by atoms with van der Waals surface area (Å²) in [5.41, 5.74) is 1.13. The minimum absolute atomic E-state index is 0.0449. The minimum atomic E-state index is -0.344. The van der Waals surface area contributed by atoms with Crippen LogP contribution in [0.15, 0.2) is 53.0 Å². The topological polar surface area (TPSA) is 67.4 Å². The fourth-order valence-electron chi connectivity index (χ4n) is 1.88. The molecule has 0 saturated heterocycles. The zero-order valence-corrected chi connectivity index (χ0v) is 14.2. The molecule has 2 amide bonds. The molecular weight excluding hydrogens is 360 g/mol. The van der Waals surface area contributed by atoms with Crippen LogP contribution in [0, 0.1) is 0 Å². The molecular formula is C17H17BrN2O3. The maximum Gasteiger partial charge on any atom is 0.319 e. The lowest BCUT2D eigenvalue weighted by molar-refractivity contribution is 0.101. The van der Waals surface area contributed by atoms with Gasteiger partial charge in [0, 0.05) is 15.7 Å². The average molecular weight is 377 g/mol.